The van der Waals surface area contributed by atoms with Gasteiger partial charge in [-0.25, -0.2) is 0 Å². The molecule has 0 saturated carbocycles. The maximum absolute atomic E-state index is 13.0. The molecule has 144 valence electrons. The van der Waals surface area contributed by atoms with Gasteiger partial charge in [0, 0.05) is 37.0 Å². The second-order valence-electron chi connectivity index (χ2n) is 7.40. The van der Waals surface area contributed by atoms with Crippen molar-refractivity contribution in [2.24, 2.45) is 0 Å². The van der Waals surface area contributed by atoms with Crippen molar-refractivity contribution < 1.29 is 14.3 Å². The van der Waals surface area contributed by atoms with Crippen LogP contribution in [0.15, 0.2) is 57.9 Å². The number of hydrogen-bond acceptors (Lipinski definition) is 5. The van der Waals surface area contributed by atoms with Crippen LogP contribution in [-0.2, 0) is 6.42 Å². The minimum Gasteiger partial charge on any atom is -0.450 e. The van der Waals surface area contributed by atoms with Crippen LogP contribution in [0, 0.1) is 6.92 Å². The summed E-state index contributed by atoms with van der Waals surface area (Å²) in [6.07, 6.45) is 3.07. The van der Waals surface area contributed by atoms with E-state index in [4.69, 9.17) is 4.42 Å². The standard InChI is InChI=1S/C22H22N2O4/c1-15-19(25)17-7-2-3-8-18(17)28-20(15)21(26)24-12-9-22(27,10-13-24)14-16-6-4-5-11-23-16/h2-8,11,27H,9-10,12-14H2,1H3. The minimum absolute atomic E-state index is 0.0823. The number of carbonyl (C=O) groups is 1. The summed E-state index contributed by atoms with van der Waals surface area (Å²) in [5.41, 5.74) is 0.489. The van der Waals surface area contributed by atoms with Gasteiger partial charge in [0.2, 0.25) is 0 Å². The molecule has 1 aromatic carbocycles. The normalized spacial score (nSPS) is 16.3. The molecule has 0 radical (unpaired) electrons. The zero-order valence-electron chi connectivity index (χ0n) is 15.7. The molecule has 6 nitrogen and oxygen atoms in total. The van der Waals surface area contributed by atoms with Crippen LogP contribution in [0.1, 0.15) is 34.7 Å². The third kappa shape index (κ3) is 3.43. The molecule has 1 N–H and O–H groups in total. The van der Waals surface area contributed by atoms with Crippen molar-refractivity contribution in [3.8, 4) is 0 Å². The number of pyridine rings is 1. The summed E-state index contributed by atoms with van der Waals surface area (Å²) in [6.45, 7) is 2.42. The van der Waals surface area contributed by atoms with Gasteiger partial charge in [0.1, 0.15) is 5.58 Å². The van der Waals surface area contributed by atoms with Gasteiger partial charge in [0.15, 0.2) is 11.2 Å². The molecule has 2 aromatic heterocycles. The number of rotatable bonds is 3. The lowest BCUT2D eigenvalue weighted by Crippen LogP contribution is -2.48. The number of aromatic nitrogens is 1. The van der Waals surface area contributed by atoms with Crippen LogP contribution in [0.2, 0.25) is 0 Å². The fourth-order valence-corrected chi connectivity index (χ4v) is 3.73. The van der Waals surface area contributed by atoms with Crippen molar-refractivity contribution in [3.05, 3.63) is 75.9 Å². The number of hydrogen-bond donors (Lipinski definition) is 1. The van der Waals surface area contributed by atoms with E-state index in [2.05, 4.69) is 4.98 Å². The Balaban J connectivity index is 1.52. The average Bonchev–Trinajstić information content (AvgIpc) is 2.71. The molecule has 6 heteroatoms. The number of likely N-dealkylation sites (tertiary alicyclic amines) is 1. The molecule has 0 aliphatic carbocycles. The summed E-state index contributed by atoms with van der Waals surface area (Å²) in [4.78, 5) is 31.5. The Morgan fingerprint density at radius 2 is 1.89 bits per heavy atom. The zero-order valence-corrected chi connectivity index (χ0v) is 15.7. The first-order chi connectivity index (χ1) is 13.5. The smallest absolute Gasteiger partial charge is 0.290 e. The number of carbonyl (C=O) groups excluding carboxylic acids is 1. The van der Waals surface area contributed by atoms with Gasteiger partial charge in [-0.05, 0) is 44.0 Å². The van der Waals surface area contributed by atoms with E-state index in [9.17, 15) is 14.7 Å². The predicted molar refractivity (Wildman–Crippen MR) is 105 cm³/mol. The van der Waals surface area contributed by atoms with Crippen LogP contribution in [0.3, 0.4) is 0 Å². The molecule has 3 aromatic rings. The van der Waals surface area contributed by atoms with E-state index in [1.807, 2.05) is 18.2 Å². The SMILES string of the molecule is Cc1c(C(=O)N2CCC(O)(Cc3ccccn3)CC2)oc2ccccc2c1=O. The third-order valence-electron chi connectivity index (χ3n) is 5.44. The molecule has 1 aliphatic heterocycles. The molecule has 1 aliphatic rings. The molecule has 0 atom stereocenters. The third-order valence-corrected chi connectivity index (χ3v) is 5.44. The van der Waals surface area contributed by atoms with Crippen LogP contribution >= 0.6 is 0 Å². The van der Waals surface area contributed by atoms with Crippen LogP contribution in [0.5, 0.6) is 0 Å². The van der Waals surface area contributed by atoms with Crippen LogP contribution in [0.4, 0.5) is 0 Å². The van der Waals surface area contributed by atoms with E-state index in [-0.39, 0.29) is 17.1 Å². The fourth-order valence-electron chi connectivity index (χ4n) is 3.73. The Kier molecular flexibility index (Phi) is 4.73. The van der Waals surface area contributed by atoms with Gasteiger partial charge in [0.25, 0.3) is 5.91 Å². The Bertz CT molecular complexity index is 1070. The van der Waals surface area contributed by atoms with Crippen LogP contribution in [-0.4, -0.2) is 39.6 Å². The molecule has 0 unspecified atom stereocenters. The monoisotopic (exact) mass is 378 g/mol. The highest BCUT2D eigenvalue weighted by Gasteiger charge is 2.35. The average molecular weight is 378 g/mol. The highest BCUT2D eigenvalue weighted by Crippen LogP contribution is 2.27. The quantitative estimate of drug-likeness (QED) is 0.758. The number of fused-ring (bicyclic) bond motifs is 1. The molecule has 0 spiro atoms. The molecule has 28 heavy (non-hydrogen) atoms. The maximum Gasteiger partial charge on any atom is 0.290 e. The first-order valence-electron chi connectivity index (χ1n) is 9.41. The number of amides is 1. The van der Waals surface area contributed by atoms with Crippen LogP contribution < -0.4 is 5.43 Å². The van der Waals surface area contributed by atoms with E-state index >= 15 is 0 Å². The Morgan fingerprint density at radius 1 is 1.18 bits per heavy atom. The topological polar surface area (TPSA) is 83.6 Å². The number of aliphatic hydroxyl groups is 1. The summed E-state index contributed by atoms with van der Waals surface area (Å²) < 4.78 is 5.77. The van der Waals surface area contributed by atoms with Crippen LogP contribution in [0.25, 0.3) is 11.0 Å². The van der Waals surface area contributed by atoms with Gasteiger partial charge in [-0.15, -0.1) is 0 Å². The van der Waals surface area contributed by atoms with E-state index in [1.54, 1.807) is 42.3 Å². The molecule has 3 heterocycles. The molecule has 1 saturated heterocycles. The lowest BCUT2D eigenvalue weighted by atomic mass is 9.86. The molecular weight excluding hydrogens is 356 g/mol. The first kappa shape index (κ1) is 18.4. The summed E-state index contributed by atoms with van der Waals surface area (Å²) >= 11 is 0. The van der Waals surface area contributed by atoms with Gasteiger partial charge in [-0.1, -0.05) is 18.2 Å². The number of para-hydroxylation sites is 1. The minimum atomic E-state index is -0.885. The van der Waals surface area contributed by atoms with Crippen molar-refractivity contribution in [1.82, 2.24) is 9.88 Å². The van der Waals surface area contributed by atoms with E-state index in [0.717, 1.165) is 5.69 Å². The number of benzene rings is 1. The lowest BCUT2D eigenvalue weighted by molar-refractivity contribution is -0.0175. The molecular formula is C22H22N2O4. The molecule has 1 amide bonds. The Morgan fingerprint density at radius 3 is 2.61 bits per heavy atom. The predicted octanol–water partition coefficient (Wildman–Crippen LogP) is 2.71. The van der Waals surface area contributed by atoms with E-state index in [1.165, 1.54) is 0 Å². The summed E-state index contributed by atoms with van der Waals surface area (Å²) in [5.74, 6) is -0.223. The number of nitrogens with zero attached hydrogens (tertiary/aromatic N) is 2. The largest absolute Gasteiger partial charge is 0.450 e. The second-order valence-corrected chi connectivity index (χ2v) is 7.40. The molecule has 1 fully saturated rings. The van der Waals surface area contributed by atoms with Gasteiger partial charge < -0.3 is 14.4 Å². The molecule has 4 rings (SSSR count). The van der Waals surface area contributed by atoms with Crippen molar-refractivity contribution in [2.45, 2.75) is 31.8 Å². The summed E-state index contributed by atoms with van der Waals surface area (Å²) in [6, 6.07) is 12.6. The highest BCUT2D eigenvalue weighted by atomic mass is 16.3. The second kappa shape index (κ2) is 7.20. The van der Waals surface area contributed by atoms with Crippen molar-refractivity contribution in [3.63, 3.8) is 0 Å². The highest BCUT2D eigenvalue weighted by molar-refractivity contribution is 5.94. The Hall–Kier alpha value is -2.99. The fraction of sp³-hybridized carbons (Fsp3) is 0.318. The summed E-state index contributed by atoms with van der Waals surface area (Å²) in [5, 5.41) is 11.4. The van der Waals surface area contributed by atoms with Crippen molar-refractivity contribution >= 4 is 16.9 Å². The lowest BCUT2D eigenvalue weighted by Gasteiger charge is -2.38. The van der Waals surface area contributed by atoms with E-state index < -0.39 is 5.60 Å². The van der Waals surface area contributed by atoms with E-state index in [0.29, 0.717) is 48.9 Å². The van der Waals surface area contributed by atoms with Gasteiger partial charge in [-0.3, -0.25) is 14.6 Å². The van der Waals surface area contributed by atoms with Gasteiger partial charge >= 0.3 is 0 Å². The van der Waals surface area contributed by atoms with Gasteiger partial charge in [0.05, 0.1) is 11.0 Å². The van der Waals surface area contributed by atoms with Gasteiger partial charge in [-0.2, -0.15) is 0 Å². The summed E-state index contributed by atoms with van der Waals surface area (Å²) in [7, 11) is 0. The van der Waals surface area contributed by atoms with Crippen molar-refractivity contribution in [2.75, 3.05) is 13.1 Å². The zero-order chi connectivity index (χ0) is 19.7. The maximum atomic E-state index is 13.0. The van der Waals surface area contributed by atoms with Crippen molar-refractivity contribution in [1.29, 1.82) is 0 Å². The Labute approximate surface area is 162 Å². The first-order valence-corrected chi connectivity index (χ1v) is 9.41. The molecule has 0 bridgehead atoms. The number of piperidine rings is 1.